The second-order valence-corrected chi connectivity index (χ2v) is 16.3. The molecule has 1 heterocycles. The number of nitrogens with one attached hydrogen (secondary N) is 3. The first-order valence-corrected chi connectivity index (χ1v) is 20.6. The summed E-state index contributed by atoms with van der Waals surface area (Å²) in [6, 6.07) is 37.9. The van der Waals surface area contributed by atoms with E-state index in [2.05, 4.69) is 16.0 Å². The Labute approximate surface area is 360 Å². The van der Waals surface area contributed by atoms with Gasteiger partial charge in [0.2, 0.25) is 11.8 Å². The van der Waals surface area contributed by atoms with Crippen molar-refractivity contribution in [3.63, 3.8) is 0 Å². The Morgan fingerprint density at radius 3 is 1.69 bits per heavy atom. The predicted molar refractivity (Wildman–Crippen MR) is 235 cm³/mol. The summed E-state index contributed by atoms with van der Waals surface area (Å²) >= 11 is 0. The van der Waals surface area contributed by atoms with Crippen LogP contribution in [-0.4, -0.2) is 72.0 Å². The van der Waals surface area contributed by atoms with Crippen LogP contribution in [0.2, 0.25) is 0 Å². The average molecular weight is 835 g/mol. The van der Waals surface area contributed by atoms with Crippen molar-refractivity contribution in [3.8, 4) is 11.1 Å². The largest absolute Gasteiger partial charge is 0.467 e. The molecule has 3 N–H and O–H groups in total. The summed E-state index contributed by atoms with van der Waals surface area (Å²) in [7, 11) is 1.25. The van der Waals surface area contributed by atoms with E-state index in [1.54, 1.807) is 39.1 Å². The van der Waals surface area contributed by atoms with Crippen molar-refractivity contribution >= 4 is 40.9 Å². The number of aromatic nitrogens is 1. The molecule has 1 aromatic heterocycles. The number of ether oxygens (including phenoxy) is 3. The van der Waals surface area contributed by atoms with Gasteiger partial charge in [-0.05, 0) is 65.8 Å². The minimum atomic E-state index is -1.30. The molecule has 0 fully saturated rings. The van der Waals surface area contributed by atoms with Crippen LogP contribution in [0.4, 0.5) is 9.59 Å². The highest BCUT2D eigenvalue weighted by Crippen LogP contribution is 2.44. The molecule has 0 saturated heterocycles. The molecule has 0 bridgehead atoms. The Hall–Kier alpha value is -7.21. The van der Waals surface area contributed by atoms with E-state index in [-0.39, 0.29) is 31.8 Å². The van der Waals surface area contributed by atoms with Gasteiger partial charge in [-0.1, -0.05) is 127 Å². The molecule has 0 radical (unpaired) electrons. The molecule has 0 unspecified atom stereocenters. The van der Waals surface area contributed by atoms with Gasteiger partial charge in [-0.2, -0.15) is 0 Å². The van der Waals surface area contributed by atoms with Crippen molar-refractivity contribution in [3.05, 3.63) is 167 Å². The summed E-state index contributed by atoms with van der Waals surface area (Å²) in [6.45, 7) is 5.31. The number of para-hydroxylation sites is 1. The minimum Gasteiger partial charge on any atom is -0.467 e. The zero-order chi connectivity index (χ0) is 43.8. The highest BCUT2D eigenvalue weighted by Gasteiger charge is 2.33. The summed E-state index contributed by atoms with van der Waals surface area (Å²) in [4.78, 5) is 69.2. The highest BCUT2D eigenvalue weighted by molar-refractivity contribution is 5.95. The molecule has 5 aromatic carbocycles. The van der Waals surface area contributed by atoms with Gasteiger partial charge in [-0.3, -0.25) is 14.2 Å². The van der Waals surface area contributed by atoms with Gasteiger partial charge in [0.05, 0.1) is 12.6 Å². The van der Waals surface area contributed by atoms with Gasteiger partial charge in [0.15, 0.2) is 0 Å². The molecule has 62 heavy (non-hydrogen) atoms. The maximum atomic E-state index is 14.7. The number of amides is 3. The summed E-state index contributed by atoms with van der Waals surface area (Å²) in [5.41, 5.74) is 6.05. The maximum absolute atomic E-state index is 14.7. The Kier molecular flexibility index (Phi) is 13.2. The van der Waals surface area contributed by atoms with Crippen molar-refractivity contribution in [1.82, 2.24) is 20.5 Å². The fourth-order valence-electron chi connectivity index (χ4n) is 7.88. The van der Waals surface area contributed by atoms with Gasteiger partial charge >= 0.3 is 18.2 Å². The molecule has 1 aliphatic carbocycles. The molecule has 1 aliphatic rings. The lowest BCUT2D eigenvalue weighted by atomic mass is 9.98. The van der Waals surface area contributed by atoms with Gasteiger partial charge < -0.3 is 30.2 Å². The number of nitrogens with zero attached hydrogens (tertiary/aromatic N) is 1. The fourth-order valence-corrected chi connectivity index (χ4v) is 7.88. The summed E-state index contributed by atoms with van der Waals surface area (Å²) in [5, 5.41) is 9.12. The summed E-state index contributed by atoms with van der Waals surface area (Å²) in [5.74, 6) is -2.20. The van der Waals surface area contributed by atoms with Crippen LogP contribution < -0.4 is 16.0 Å². The molecular formula is C50H50N4O8. The quantitative estimate of drug-likeness (QED) is 0.0754. The first-order valence-electron chi connectivity index (χ1n) is 20.6. The third-order valence-corrected chi connectivity index (χ3v) is 10.8. The van der Waals surface area contributed by atoms with E-state index in [9.17, 15) is 24.0 Å². The van der Waals surface area contributed by atoms with Crippen LogP contribution in [-0.2, 0) is 47.9 Å². The Morgan fingerprint density at radius 2 is 1.11 bits per heavy atom. The molecule has 0 spiro atoms. The predicted octanol–water partition coefficient (Wildman–Crippen LogP) is 7.50. The number of carbonyl (C=O) groups excluding carboxylic acids is 5. The molecule has 0 saturated carbocycles. The summed E-state index contributed by atoms with van der Waals surface area (Å²) in [6.07, 6.45) is 0.259. The minimum absolute atomic E-state index is 0.00151. The topological polar surface area (TPSA) is 154 Å². The first kappa shape index (κ1) is 42.9. The van der Waals surface area contributed by atoms with Crippen LogP contribution >= 0.6 is 0 Å². The number of alkyl carbamates (subject to hydrolysis) is 1. The SMILES string of the molecule is COC(=O)[C@H](Cc1ccccc1)NC(=O)[C@H](Cc1ccccc1)NC(=O)[C@H](Cc1cn(C(=O)OC(C)(C)C)c2ccccc12)NC(=O)OCC1c2ccccc2-c2ccccc21. The second kappa shape index (κ2) is 19.0. The van der Waals surface area contributed by atoms with Crippen molar-refractivity contribution in [2.24, 2.45) is 0 Å². The van der Waals surface area contributed by atoms with E-state index in [1.807, 2.05) is 121 Å². The van der Waals surface area contributed by atoms with E-state index in [0.717, 1.165) is 33.4 Å². The lowest BCUT2D eigenvalue weighted by molar-refractivity contribution is -0.145. The molecule has 0 aliphatic heterocycles. The number of carbonyl (C=O) groups is 5. The molecular weight excluding hydrogens is 785 g/mol. The molecule has 7 rings (SSSR count). The van der Waals surface area contributed by atoms with Gasteiger partial charge in [-0.25, -0.2) is 14.4 Å². The smallest absolute Gasteiger partial charge is 0.419 e. The van der Waals surface area contributed by atoms with Crippen LogP contribution in [0.5, 0.6) is 0 Å². The third kappa shape index (κ3) is 10.2. The van der Waals surface area contributed by atoms with Crippen LogP contribution in [0.25, 0.3) is 22.0 Å². The molecule has 3 atom stereocenters. The number of rotatable bonds is 14. The van der Waals surface area contributed by atoms with Gasteiger partial charge in [0.1, 0.15) is 30.3 Å². The van der Waals surface area contributed by atoms with Crippen molar-refractivity contribution < 1.29 is 38.2 Å². The zero-order valence-corrected chi connectivity index (χ0v) is 35.1. The van der Waals surface area contributed by atoms with E-state index < -0.39 is 53.7 Å². The van der Waals surface area contributed by atoms with Crippen LogP contribution in [0.15, 0.2) is 140 Å². The normalized spacial score (nSPS) is 13.5. The van der Waals surface area contributed by atoms with Crippen molar-refractivity contribution in [1.29, 1.82) is 0 Å². The summed E-state index contributed by atoms with van der Waals surface area (Å²) < 4.78 is 18.0. The second-order valence-electron chi connectivity index (χ2n) is 16.3. The number of hydrogen-bond donors (Lipinski definition) is 3. The van der Waals surface area contributed by atoms with Crippen molar-refractivity contribution in [2.45, 2.75) is 69.7 Å². The average Bonchev–Trinajstić information content (AvgIpc) is 3.80. The zero-order valence-electron chi connectivity index (χ0n) is 35.1. The Morgan fingerprint density at radius 1 is 0.613 bits per heavy atom. The van der Waals surface area contributed by atoms with Crippen LogP contribution in [0.3, 0.4) is 0 Å². The van der Waals surface area contributed by atoms with Gasteiger partial charge in [-0.15, -0.1) is 0 Å². The van der Waals surface area contributed by atoms with Gasteiger partial charge in [0, 0.05) is 36.8 Å². The van der Waals surface area contributed by atoms with E-state index in [0.29, 0.717) is 16.5 Å². The van der Waals surface area contributed by atoms with E-state index >= 15 is 0 Å². The number of fused-ring (bicyclic) bond motifs is 4. The molecule has 12 nitrogen and oxygen atoms in total. The number of hydrogen-bond acceptors (Lipinski definition) is 8. The number of esters is 1. The molecule has 318 valence electrons. The third-order valence-electron chi connectivity index (χ3n) is 10.8. The number of benzene rings is 5. The Bertz CT molecular complexity index is 2520. The Balaban J connectivity index is 1.18. The van der Waals surface area contributed by atoms with Gasteiger partial charge in [0.25, 0.3) is 0 Å². The van der Waals surface area contributed by atoms with E-state index in [4.69, 9.17) is 14.2 Å². The highest BCUT2D eigenvalue weighted by atomic mass is 16.6. The van der Waals surface area contributed by atoms with Crippen LogP contribution in [0, 0.1) is 0 Å². The standard InChI is InChI=1S/C50H50N4O8/c1-50(2,3)62-49(59)54-30-34(35-21-15-16-26-44(35)54)29-42(53-48(58)61-31-40-38-24-13-11-22-36(38)37-23-12-14-25-39(37)40)46(56)51-41(27-32-17-7-5-8-18-32)45(55)52-43(47(57)60-4)28-33-19-9-6-10-20-33/h5-26,30,40-43H,27-29,31H2,1-4H3,(H,51,56)(H,52,55)(H,53,58)/t41-,42-,43-/m0/s1. The lowest BCUT2D eigenvalue weighted by Crippen LogP contribution is -2.57. The molecule has 3 amide bonds. The first-order chi connectivity index (χ1) is 29.9. The maximum Gasteiger partial charge on any atom is 0.419 e. The monoisotopic (exact) mass is 834 g/mol. The molecule has 6 aromatic rings. The number of methoxy groups -OCH3 is 1. The fraction of sp³-hybridized carbons (Fsp3) is 0.260. The van der Waals surface area contributed by atoms with E-state index in [1.165, 1.54) is 11.7 Å². The molecule has 12 heteroatoms. The lowest BCUT2D eigenvalue weighted by Gasteiger charge is -2.25. The van der Waals surface area contributed by atoms with Crippen molar-refractivity contribution in [2.75, 3.05) is 13.7 Å². The van der Waals surface area contributed by atoms with Crippen LogP contribution in [0.1, 0.15) is 54.5 Å².